The molecule has 176 valence electrons. The highest BCUT2D eigenvalue weighted by Crippen LogP contribution is 2.42. The van der Waals surface area contributed by atoms with Gasteiger partial charge in [0.1, 0.15) is 6.04 Å². The van der Waals surface area contributed by atoms with Gasteiger partial charge in [-0.15, -0.1) is 5.10 Å². The Morgan fingerprint density at radius 1 is 1.15 bits per heavy atom. The molecule has 12 heteroatoms. The number of carbonyl (C=O) groups is 2. The second kappa shape index (κ2) is 8.21. The standard InChI is InChI=1S/C22H17F3N4O5/c1-11-16(19(32)34-2)17(12-6-8-13(9-7-12)18(30)31)29-20(26-27-21(29)33)28(11)15-5-3-4-14(10-15)22(23,24)25/h3-10,17H,1-2H3,(H,27,33)(H,30,31). The summed E-state index contributed by atoms with van der Waals surface area (Å²) in [7, 11) is 1.13. The number of rotatable bonds is 4. The van der Waals surface area contributed by atoms with Crippen molar-refractivity contribution in [2.24, 2.45) is 0 Å². The number of methoxy groups -OCH3 is 1. The number of carboxylic acids is 1. The number of H-pyrrole nitrogens is 1. The van der Waals surface area contributed by atoms with E-state index in [4.69, 9.17) is 4.74 Å². The van der Waals surface area contributed by atoms with Crippen LogP contribution in [0.4, 0.5) is 24.8 Å². The van der Waals surface area contributed by atoms with Crippen molar-refractivity contribution in [1.29, 1.82) is 0 Å². The first-order valence-electron chi connectivity index (χ1n) is 9.81. The summed E-state index contributed by atoms with van der Waals surface area (Å²) in [6.07, 6.45) is -4.62. The Morgan fingerprint density at radius 3 is 2.41 bits per heavy atom. The van der Waals surface area contributed by atoms with Gasteiger partial charge in [0.2, 0.25) is 5.95 Å². The maximum Gasteiger partial charge on any atom is 0.416 e. The Morgan fingerprint density at radius 2 is 1.82 bits per heavy atom. The molecule has 1 aromatic heterocycles. The maximum atomic E-state index is 13.3. The summed E-state index contributed by atoms with van der Waals surface area (Å²) >= 11 is 0. The highest BCUT2D eigenvalue weighted by atomic mass is 19.4. The first-order chi connectivity index (χ1) is 16.0. The molecule has 1 unspecified atom stereocenters. The Bertz CT molecular complexity index is 1370. The van der Waals surface area contributed by atoms with Gasteiger partial charge in [0, 0.05) is 11.4 Å². The van der Waals surface area contributed by atoms with Crippen LogP contribution in [-0.4, -0.2) is 38.9 Å². The van der Waals surface area contributed by atoms with Gasteiger partial charge in [-0.05, 0) is 42.8 Å². The molecular weight excluding hydrogens is 457 g/mol. The summed E-state index contributed by atoms with van der Waals surface area (Å²) in [6, 6.07) is 8.80. The van der Waals surface area contributed by atoms with Gasteiger partial charge < -0.3 is 9.84 Å². The predicted molar refractivity (Wildman–Crippen MR) is 113 cm³/mol. The van der Waals surface area contributed by atoms with Gasteiger partial charge >= 0.3 is 23.8 Å². The molecule has 0 saturated heterocycles. The zero-order valence-electron chi connectivity index (χ0n) is 17.8. The Kier molecular flexibility index (Phi) is 5.51. The van der Waals surface area contributed by atoms with Gasteiger partial charge in [0.25, 0.3) is 0 Å². The summed E-state index contributed by atoms with van der Waals surface area (Å²) in [5, 5.41) is 15.4. The van der Waals surface area contributed by atoms with Crippen LogP contribution in [0.1, 0.15) is 34.5 Å². The largest absolute Gasteiger partial charge is 0.478 e. The molecule has 3 aromatic rings. The summed E-state index contributed by atoms with van der Waals surface area (Å²) < 4.78 is 46.1. The van der Waals surface area contributed by atoms with Gasteiger partial charge in [-0.3, -0.25) is 4.90 Å². The van der Waals surface area contributed by atoms with E-state index in [1.165, 1.54) is 48.2 Å². The molecule has 0 bridgehead atoms. The zero-order chi connectivity index (χ0) is 24.8. The molecular formula is C22H17F3N4O5. The Labute approximate surface area is 189 Å². The topological polar surface area (TPSA) is 118 Å². The molecule has 2 N–H and O–H groups in total. The van der Waals surface area contributed by atoms with Crippen LogP contribution in [0.15, 0.2) is 64.6 Å². The number of esters is 1. The number of halogens is 3. The molecule has 1 aliphatic heterocycles. The smallest absolute Gasteiger partial charge is 0.416 e. The normalized spacial score (nSPS) is 15.8. The molecule has 34 heavy (non-hydrogen) atoms. The number of nitrogens with zero attached hydrogens (tertiary/aromatic N) is 3. The van der Waals surface area contributed by atoms with E-state index in [1.807, 2.05) is 0 Å². The highest BCUT2D eigenvalue weighted by molar-refractivity contribution is 5.94. The Balaban J connectivity index is 1.97. The number of alkyl halides is 3. The van der Waals surface area contributed by atoms with Crippen LogP contribution >= 0.6 is 0 Å². The number of aromatic amines is 1. The fourth-order valence-electron chi connectivity index (χ4n) is 3.91. The SMILES string of the molecule is COC(=O)C1=C(C)N(c2cccc(C(F)(F)F)c2)c2n[nH]c(=O)n2C1c1ccc(C(=O)O)cc1. The molecule has 0 saturated carbocycles. The molecule has 1 atom stereocenters. The molecule has 0 amide bonds. The van der Waals surface area contributed by atoms with E-state index in [-0.39, 0.29) is 28.5 Å². The van der Waals surface area contributed by atoms with Crippen molar-refractivity contribution in [3.63, 3.8) is 0 Å². The summed E-state index contributed by atoms with van der Waals surface area (Å²) in [6.45, 7) is 1.49. The Hall–Kier alpha value is -4.35. The molecule has 4 rings (SSSR count). The van der Waals surface area contributed by atoms with Gasteiger partial charge in [-0.1, -0.05) is 18.2 Å². The molecule has 0 radical (unpaired) electrons. The highest BCUT2D eigenvalue weighted by Gasteiger charge is 2.40. The van der Waals surface area contributed by atoms with Crippen molar-refractivity contribution in [3.05, 3.63) is 87.0 Å². The number of nitrogens with one attached hydrogen (secondary N) is 1. The number of fused-ring (bicyclic) bond motifs is 1. The van der Waals surface area contributed by atoms with Crippen LogP contribution in [0.5, 0.6) is 0 Å². The number of benzene rings is 2. The average molecular weight is 474 g/mol. The van der Waals surface area contributed by atoms with Crippen molar-refractivity contribution >= 4 is 23.6 Å². The number of aromatic carboxylic acids is 1. The minimum absolute atomic E-state index is 0.00904. The third kappa shape index (κ3) is 3.72. The van der Waals surface area contributed by atoms with Crippen LogP contribution in [0, 0.1) is 0 Å². The van der Waals surface area contributed by atoms with E-state index in [0.29, 0.717) is 5.56 Å². The van der Waals surface area contributed by atoms with Gasteiger partial charge in [-0.2, -0.15) is 13.2 Å². The molecule has 2 heterocycles. The third-order valence-electron chi connectivity index (χ3n) is 5.45. The number of hydrogen-bond acceptors (Lipinski definition) is 6. The lowest BCUT2D eigenvalue weighted by molar-refractivity contribution is -0.138. The average Bonchev–Trinajstić information content (AvgIpc) is 3.18. The van der Waals surface area contributed by atoms with E-state index >= 15 is 0 Å². The number of allylic oxidation sites excluding steroid dienone is 1. The van der Waals surface area contributed by atoms with Crippen molar-refractivity contribution in [2.75, 3.05) is 12.0 Å². The fraction of sp³-hybridized carbons (Fsp3) is 0.182. The van der Waals surface area contributed by atoms with Crippen LogP contribution < -0.4 is 10.6 Å². The number of aromatic nitrogens is 3. The maximum absolute atomic E-state index is 13.3. The lowest BCUT2D eigenvalue weighted by atomic mass is 9.93. The number of anilines is 2. The van der Waals surface area contributed by atoms with E-state index in [2.05, 4.69) is 10.2 Å². The lowest BCUT2D eigenvalue weighted by Gasteiger charge is -2.35. The zero-order valence-corrected chi connectivity index (χ0v) is 17.8. The van der Waals surface area contributed by atoms with E-state index in [0.717, 1.165) is 23.8 Å². The first-order valence-corrected chi connectivity index (χ1v) is 9.81. The summed E-state index contributed by atoms with van der Waals surface area (Å²) in [4.78, 5) is 38.1. The summed E-state index contributed by atoms with van der Waals surface area (Å²) in [5.41, 5.74) is -1.11. The van der Waals surface area contributed by atoms with E-state index in [9.17, 15) is 32.7 Å². The van der Waals surface area contributed by atoms with Gasteiger partial charge in [0.05, 0.1) is 23.8 Å². The summed E-state index contributed by atoms with van der Waals surface area (Å²) in [5.74, 6) is -2.03. The molecule has 0 aliphatic carbocycles. The molecule has 1 aliphatic rings. The number of hydrogen-bond donors (Lipinski definition) is 2. The molecule has 2 aromatic carbocycles. The monoisotopic (exact) mass is 474 g/mol. The van der Waals surface area contributed by atoms with Crippen molar-refractivity contribution in [3.8, 4) is 0 Å². The number of ether oxygens (including phenoxy) is 1. The third-order valence-corrected chi connectivity index (χ3v) is 5.45. The number of carbonyl (C=O) groups excluding carboxylic acids is 1. The van der Waals surface area contributed by atoms with Crippen LogP contribution in [0.2, 0.25) is 0 Å². The van der Waals surface area contributed by atoms with Crippen molar-refractivity contribution in [1.82, 2.24) is 14.8 Å². The first kappa shape index (κ1) is 22.8. The van der Waals surface area contributed by atoms with Gasteiger partial charge in [-0.25, -0.2) is 24.0 Å². The molecule has 0 spiro atoms. The van der Waals surface area contributed by atoms with E-state index in [1.54, 1.807) is 0 Å². The minimum Gasteiger partial charge on any atom is -0.478 e. The molecule has 9 nitrogen and oxygen atoms in total. The molecule has 0 fully saturated rings. The lowest BCUT2D eigenvalue weighted by Crippen LogP contribution is -2.37. The van der Waals surface area contributed by atoms with Crippen LogP contribution in [0.25, 0.3) is 0 Å². The quantitative estimate of drug-likeness (QED) is 0.556. The van der Waals surface area contributed by atoms with Crippen molar-refractivity contribution in [2.45, 2.75) is 19.1 Å². The predicted octanol–water partition coefficient (Wildman–Crippen LogP) is 3.48. The second-order valence-corrected chi connectivity index (χ2v) is 7.40. The fourth-order valence-corrected chi connectivity index (χ4v) is 3.91. The van der Waals surface area contributed by atoms with Crippen molar-refractivity contribution < 1.29 is 32.6 Å². The van der Waals surface area contributed by atoms with E-state index < -0.39 is 35.4 Å². The number of carboxylic acid groups (broad SMARTS) is 1. The van der Waals surface area contributed by atoms with Gasteiger partial charge in [0.15, 0.2) is 0 Å². The van der Waals surface area contributed by atoms with Crippen LogP contribution in [0.3, 0.4) is 0 Å². The minimum atomic E-state index is -4.62. The second-order valence-electron chi connectivity index (χ2n) is 7.40. The van der Waals surface area contributed by atoms with Crippen LogP contribution in [-0.2, 0) is 15.7 Å².